The largest absolute Gasteiger partial charge is 0.314 e. The molecule has 0 bridgehead atoms. The molecule has 1 aliphatic heterocycles. The number of hydrogen-bond acceptors (Lipinski definition) is 3. The van der Waals surface area contributed by atoms with Gasteiger partial charge in [-0.05, 0) is 30.9 Å². The molecule has 0 N–H and O–H groups in total. The molecule has 1 unspecified atom stereocenters. The van der Waals surface area contributed by atoms with Crippen molar-refractivity contribution >= 4 is 29.1 Å². The predicted octanol–water partition coefficient (Wildman–Crippen LogP) is 2.58. The number of ketones is 1. The number of amides is 1. The summed E-state index contributed by atoms with van der Waals surface area (Å²) in [7, 11) is 1.77. The average molecular weight is 261 g/mol. The fourth-order valence-electron chi connectivity index (χ4n) is 2.22. The highest BCUT2D eigenvalue weighted by Crippen LogP contribution is 2.43. The van der Waals surface area contributed by atoms with Crippen molar-refractivity contribution in [3.63, 3.8) is 0 Å². The Bertz CT molecular complexity index is 536. The third-order valence-electron chi connectivity index (χ3n) is 3.05. The van der Waals surface area contributed by atoms with Gasteiger partial charge >= 0.3 is 0 Å². The number of rotatable bonds is 3. The van der Waals surface area contributed by atoms with Crippen LogP contribution < -0.4 is 4.90 Å². The zero-order valence-corrected chi connectivity index (χ0v) is 11.5. The first-order valence-corrected chi connectivity index (χ1v) is 6.91. The highest BCUT2D eigenvalue weighted by molar-refractivity contribution is 8.02. The molecule has 0 radical (unpaired) electrons. The van der Waals surface area contributed by atoms with Crippen molar-refractivity contribution in [1.82, 2.24) is 0 Å². The van der Waals surface area contributed by atoms with Crippen molar-refractivity contribution < 1.29 is 9.59 Å². The van der Waals surface area contributed by atoms with Crippen LogP contribution in [0, 0.1) is 0 Å². The molecular weight excluding hydrogens is 246 g/mol. The minimum Gasteiger partial charge on any atom is -0.314 e. The van der Waals surface area contributed by atoms with Gasteiger partial charge in [-0.25, -0.2) is 0 Å². The Morgan fingerprint density at radius 3 is 2.67 bits per heavy atom. The summed E-state index contributed by atoms with van der Waals surface area (Å²) in [4.78, 5) is 26.0. The molecule has 0 saturated carbocycles. The molecular formula is C14H15NO2S. The topological polar surface area (TPSA) is 37.4 Å². The van der Waals surface area contributed by atoms with Gasteiger partial charge in [0, 0.05) is 17.6 Å². The van der Waals surface area contributed by atoms with Gasteiger partial charge in [0.05, 0.1) is 5.92 Å². The summed E-state index contributed by atoms with van der Waals surface area (Å²) in [5.74, 6) is -0.331. The monoisotopic (exact) mass is 261 g/mol. The van der Waals surface area contributed by atoms with Crippen LogP contribution in [0.25, 0.3) is 0 Å². The van der Waals surface area contributed by atoms with Crippen LogP contribution in [0.5, 0.6) is 0 Å². The van der Waals surface area contributed by atoms with Gasteiger partial charge < -0.3 is 4.90 Å². The maximum absolute atomic E-state index is 12.3. The highest BCUT2D eigenvalue weighted by Gasteiger charge is 2.37. The van der Waals surface area contributed by atoms with Crippen LogP contribution in [-0.4, -0.2) is 25.0 Å². The van der Waals surface area contributed by atoms with E-state index in [1.54, 1.807) is 18.0 Å². The van der Waals surface area contributed by atoms with Gasteiger partial charge in [-0.15, -0.1) is 11.8 Å². The van der Waals surface area contributed by atoms with E-state index in [4.69, 9.17) is 0 Å². The van der Waals surface area contributed by atoms with Crippen LogP contribution in [0.3, 0.4) is 0 Å². The van der Waals surface area contributed by atoms with E-state index in [-0.39, 0.29) is 17.6 Å². The molecule has 0 aromatic heterocycles. The Balaban J connectivity index is 2.52. The van der Waals surface area contributed by atoms with Gasteiger partial charge in [0.2, 0.25) is 5.91 Å². The Morgan fingerprint density at radius 1 is 1.39 bits per heavy atom. The fourth-order valence-corrected chi connectivity index (χ4v) is 2.97. The summed E-state index contributed by atoms with van der Waals surface area (Å²) in [6.45, 7) is 1.51. The number of benzene rings is 1. The van der Waals surface area contributed by atoms with Crippen molar-refractivity contribution in [2.75, 3.05) is 18.2 Å². The van der Waals surface area contributed by atoms with Crippen molar-refractivity contribution in [3.05, 3.63) is 40.8 Å². The molecule has 1 aromatic carbocycles. The highest BCUT2D eigenvalue weighted by atomic mass is 32.2. The first kappa shape index (κ1) is 12.9. The minimum absolute atomic E-state index is 0.0260. The molecule has 4 heteroatoms. The lowest BCUT2D eigenvalue weighted by atomic mass is 9.99. The molecule has 2 rings (SSSR count). The van der Waals surface area contributed by atoms with Gasteiger partial charge in [-0.3, -0.25) is 9.59 Å². The van der Waals surface area contributed by atoms with Crippen LogP contribution >= 0.6 is 11.8 Å². The molecule has 1 atom stereocenters. The van der Waals surface area contributed by atoms with E-state index in [0.29, 0.717) is 0 Å². The predicted molar refractivity (Wildman–Crippen MR) is 74.9 cm³/mol. The summed E-state index contributed by atoms with van der Waals surface area (Å²) >= 11 is 1.46. The second kappa shape index (κ2) is 4.98. The van der Waals surface area contributed by atoms with E-state index in [9.17, 15) is 9.59 Å². The lowest BCUT2D eigenvalue weighted by molar-refractivity contribution is -0.118. The summed E-state index contributed by atoms with van der Waals surface area (Å²) in [5, 5.41) is 0. The SMILES string of the molecule is CS/C(=C\C(C)=O)C1C(=O)N(C)c2ccccc21. The summed E-state index contributed by atoms with van der Waals surface area (Å²) in [6, 6.07) is 7.72. The summed E-state index contributed by atoms with van der Waals surface area (Å²) in [5.41, 5.74) is 1.91. The van der Waals surface area contributed by atoms with Gasteiger partial charge in [0.15, 0.2) is 5.78 Å². The Labute approximate surface area is 111 Å². The van der Waals surface area contributed by atoms with Crippen molar-refractivity contribution in [2.24, 2.45) is 0 Å². The molecule has 0 spiro atoms. The number of allylic oxidation sites excluding steroid dienone is 1. The molecule has 0 saturated heterocycles. The Kier molecular flexibility index (Phi) is 3.57. The van der Waals surface area contributed by atoms with E-state index in [1.807, 2.05) is 30.5 Å². The maximum atomic E-state index is 12.3. The molecule has 1 heterocycles. The van der Waals surface area contributed by atoms with Crippen LogP contribution in [0.1, 0.15) is 18.4 Å². The van der Waals surface area contributed by atoms with E-state index in [1.165, 1.54) is 18.7 Å². The van der Waals surface area contributed by atoms with Gasteiger partial charge in [0.25, 0.3) is 0 Å². The van der Waals surface area contributed by atoms with E-state index in [2.05, 4.69) is 0 Å². The number of anilines is 1. The molecule has 1 amide bonds. The molecule has 1 aromatic rings. The van der Waals surface area contributed by atoms with Crippen molar-refractivity contribution in [3.8, 4) is 0 Å². The zero-order chi connectivity index (χ0) is 13.3. The van der Waals surface area contributed by atoms with Crippen LogP contribution in [-0.2, 0) is 9.59 Å². The third-order valence-corrected chi connectivity index (χ3v) is 3.88. The standard InChI is InChI=1S/C14H15NO2S/c1-9(16)8-12(18-3)13-10-6-4-5-7-11(10)15(2)14(13)17/h4-8,13H,1-3H3/b12-8-. The molecule has 0 fully saturated rings. The number of carbonyl (C=O) groups excluding carboxylic acids is 2. The first-order chi connectivity index (χ1) is 8.56. The second-order valence-corrected chi connectivity index (χ2v) is 5.13. The molecule has 18 heavy (non-hydrogen) atoms. The van der Waals surface area contributed by atoms with Gasteiger partial charge in [0.1, 0.15) is 0 Å². The van der Waals surface area contributed by atoms with Crippen molar-refractivity contribution in [1.29, 1.82) is 0 Å². The van der Waals surface area contributed by atoms with E-state index in [0.717, 1.165) is 16.2 Å². The first-order valence-electron chi connectivity index (χ1n) is 5.69. The Hall–Kier alpha value is -1.55. The number of likely N-dealkylation sites (N-methyl/N-ethyl adjacent to an activating group) is 1. The summed E-state index contributed by atoms with van der Waals surface area (Å²) in [6.07, 6.45) is 3.45. The fraction of sp³-hybridized carbons (Fsp3) is 0.286. The second-order valence-electron chi connectivity index (χ2n) is 4.25. The van der Waals surface area contributed by atoms with Crippen molar-refractivity contribution in [2.45, 2.75) is 12.8 Å². The van der Waals surface area contributed by atoms with Crippen LogP contribution in [0.15, 0.2) is 35.2 Å². The molecule has 0 aliphatic carbocycles. The number of thioether (sulfide) groups is 1. The number of carbonyl (C=O) groups is 2. The molecule has 3 nitrogen and oxygen atoms in total. The van der Waals surface area contributed by atoms with Crippen LogP contribution in [0.2, 0.25) is 0 Å². The number of para-hydroxylation sites is 1. The lowest BCUT2D eigenvalue weighted by Crippen LogP contribution is -2.24. The quantitative estimate of drug-likeness (QED) is 0.785. The van der Waals surface area contributed by atoms with Gasteiger partial charge in [-0.2, -0.15) is 0 Å². The van der Waals surface area contributed by atoms with E-state index < -0.39 is 0 Å². The average Bonchev–Trinajstić information content (AvgIpc) is 2.60. The van der Waals surface area contributed by atoms with E-state index >= 15 is 0 Å². The minimum atomic E-state index is -0.329. The molecule has 94 valence electrons. The van der Waals surface area contributed by atoms with Gasteiger partial charge in [-0.1, -0.05) is 18.2 Å². The van der Waals surface area contributed by atoms with Crippen LogP contribution in [0.4, 0.5) is 5.69 Å². The number of nitrogens with zero attached hydrogens (tertiary/aromatic N) is 1. The smallest absolute Gasteiger partial charge is 0.239 e. The summed E-state index contributed by atoms with van der Waals surface area (Å²) < 4.78 is 0. The Morgan fingerprint density at radius 2 is 2.06 bits per heavy atom. The number of fused-ring (bicyclic) bond motifs is 1. The normalized spacial score (nSPS) is 19.1. The number of hydrogen-bond donors (Lipinski definition) is 0. The zero-order valence-electron chi connectivity index (χ0n) is 10.6. The third kappa shape index (κ3) is 2.08. The molecule has 1 aliphatic rings. The maximum Gasteiger partial charge on any atom is 0.239 e. The lowest BCUT2D eigenvalue weighted by Gasteiger charge is -2.12.